The Bertz CT molecular complexity index is 629. The molecule has 0 unspecified atom stereocenters. The Morgan fingerprint density at radius 2 is 2.28 bits per heavy atom. The summed E-state index contributed by atoms with van der Waals surface area (Å²) in [7, 11) is 0. The fourth-order valence-electron chi connectivity index (χ4n) is 2.16. The topological polar surface area (TPSA) is 41.6 Å². The lowest BCUT2D eigenvalue weighted by atomic mass is 10.1. The summed E-state index contributed by atoms with van der Waals surface area (Å²) in [5, 5.41) is 0. The molecular weight excluding hydrogens is 242 g/mol. The van der Waals surface area contributed by atoms with Gasteiger partial charge in [0.2, 0.25) is 0 Å². The molecule has 1 N–H and O–H groups in total. The van der Waals surface area contributed by atoms with Crippen molar-refractivity contribution in [1.29, 1.82) is 0 Å². The maximum Gasteiger partial charge on any atom is 0.139 e. The van der Waals surface area contributed by atoms with Crippen molar-refractivity contribution in [2.24, 2.45) is 0 Å². The number of nitrogens with zero attached hydrogens (tertiary/aromatic N) is 2. The van der Waals surface area contributed by atoms with Crippen LogP contribution in [0, 0.1) is 4.64 Å². The minimum absolute atomic E-state index is 0.653. The molecule has 0 bridgehead atoms. The van der Waals surface area contributed by atoms with E-state index >= 15 is 0 Å². The molecule has 0 aliphatic heterocycles. The van der Waals surface area contributed by atoms with E-state index in [1.807, 2.05) is 18.3 Å². The van der Waals surface area contributed by atoms with Gasteiger partial charge in [0.1, 0.15) is 10.5 Å². The summed E-state index contributed by atoms with van der Waals surface area (Å²) in [4.78, 5) is 12.1. The Morgan fingerprint density at radius 1 is 1.44 bits per heavy atom. The zero-order valence-electron chi connectivity index (χ0n) is 10.3. The van der Waals surface area contributed by atoms with Crippen LogP contribution in [0.4, 0.5) is 0 Å². The van der Waals surface area contributed by atoms with Crippen LogP contribution in [0.3, 0.4) is 0 Å². The van der Waals surface area contributed by atoms with Crippen molar-refractivity contribution in [1.82, 2.24) is 15.0 Å². The Hall–Kier alpha value is -1.55. The van der Waals surface area contributed by atoms with E-state index in [1.54, 1.807) is 6.20 Å². The summed E-state index contributed by atoms with van der Waals surface area (Å²) >= 11 is 5.27. The first kappa shape index (κ1) is 11.5. The highest BCUT2D eigenvalue weighted by atomic mass is 32.1. The molecule has 2 aromatic rings. The molecule has 1 fully saturated rings. The van der Waals surface area contributed by atoms with Gasteiger partial charge in [-0.25, -0.2) is 4.98 Å². The van der Waals surface area contributed by atoms with E-state index in [9.17, 15) is 0 Å². The molecule has 18 heavy (non-hydrogen) atoms. The van der Waals surface area contributed by atoms with Crippen LogP contribution in [0.2, 0.25) is 0 Å². The molecule has 3 nitrogen and oxygen atoms in total. The molecule has 1 saturated carbocycles. The number of aromatic nitrogens is 3. The molecule has 0 atom stereocenters. The molecular formula is C14H15N3S. The smallest absolute Gasteiger partial charge is 0.139 e. The number of H-pyrrole nitrogens is 1. The molecule has 1 aliphatic carbocycles. The second-order valence-electron chi connectivity index (χ2n) is 4.68. The van der Waals surface area contributed by atoms with E-state index in [0.29, 0.717) is 10.6 Å². The van der Waals surface area contributed by atoms with Crippen LogP contribution in [-0.4, -0.2) is 15.0 Å². The summed E-state index contributed by atoms with van der Waals surface area (Å²) in [6, 6.07) is 3.99. The Balaban J connectivity index is 2.13. The van der Waals surface area contributed by atoms with E-state index in [1.165, 1.54) is 24.1 Å². The first-order valence-electron chi connectivity index (χ1n) is 6.32. The normalized spacial score (nSPS) is 14.7. The number of aromatic amines is 1. The SMILES string of the molecule is CCc1cnccc1-c1nc(=S)cc(C2CC2)[nH]1. The fourth-order valence-corrected chi connectivity index (χ4v) is 2.38. The van der Waals surface area contributed by atoms with Gasteiger partial charge < -0.3 is 4.98 Å². The van der Waals surface area contributed by atoms with Gasteiger partial charge in [-0.1, -0.05) is 19.1 Å². The van der Waals surface area contributed by atoms with Crippen LogP contribution in [0.15, 0.2) is 24.5 Å². The maximum atomic E-state index is 5.27. The molecule has 0 amide bonds. The van der Waals surface area contributed by atoms with Gasteiger partial charge in [-0.15, -0.1) is 0 Å². The highest BCUT2D eigenvalue weighted by molar-refractivity contribution is 7.71. The van der Waals surface area contributed by atoms with Crippen LogP contribution in [-0.2, 0) is 6.42 Å². The van der Waals surface area contributed by atoms with Crippen molar-refractivity contribution in [3.8, 4) is 11.4 Å². The third-order valence-corrected chi connectivity index (χ3v) is 3.53. The molecule has 1 aliphatic rings. The third kappa shape index (κ3) is 2.20. The number of hydrogen-bond donors (Lipinski definition) is 1. The van der Waals surface area contributed by atoms with Crippen LogP contribution < -0.4 is 0 Å². The second-order valence-corrected chi connectivity index (χ2v) is 5.10. The summed E-state index contributed by atoms with van der Waals surface area (Å²) in [6.45, 7) is 2.12. The first-order chi connectivity index (χ1) is 8.78. The zero-order valence-corrected chi connectivity index (χ0v) is 11.1. The quantitative estimate of drug-likeness (QED) is 0.853. The fraction of sp³-hybridized carbons (Fsp3) is 0.357. The van der Waals surface area contributed by atoms with Crippen LogP contribution in [0.1, 0.15) is 36.9 Å². The Kier molecular flexibility index (Phi) is 2.96. The molecule has 4 heteroatoms. The van der Waals surface area contributed by atoms with E-state index in [2.05, 4.69) is 21.9 Å². The highest BCUT2D eigenvalue weighted by Crippen LogP contribution is 2.39. The molecule has 2 heterocycles. The van der Waals surface area contributed by atoms with Gasteiger partial charge in [0.25, 0.3) is 0 Å². The van der Waals surface area contributed by atoms with Gasteiger partial charge >= 0.3 is 0 Å². The number of aryl methyl sites for hydroxylation is 1. The van der Waals surface area contributed by atoms with Crippen molar-refractivity contribution in [3.63, 3.8) is 0 Å². The van der Waals surface area contributed by atoms with E-state index < -0.39 is 0 Å². The number of hydrogen-bond acceptors (Lipinski definition) is 3. The van der Waals surface area contributed by atoms with Crippen LogP contribution in [0.5, 0.6) is 0 Å². The van der Waals surface area contributed by atoms with Crippen molar-refractivity contribution < 1.29 is 0 Å². The van der Waals surface area contributed by atoms with Gasteiger partial charge in [0, 0.05) is 23.7 Å². The van der Waals surface area contributed by atoms with E-state index in [-0.39, 0.29) is 0 Å². The van der Waals surface area contributed by atoms with Gasteiger partial charge in [0.05, 0.1) is 0 Å². The average molecular weight is 257 g/mol. The molecule has 0 saturated heterocycles. The number of rotatable bonds is 3. The molecule has 3 rings (SSSR count). The number of nitrogens with one attached hydrogen (secondary N) is 1. The first-order valence-corrected chi connectivity index (χ1v) is 6.73. The lowest BCUT2D eigenvalue weighted by Gasteiger charge is -2.08. The maximum absolute atomic E-state index is 5.27. The van der Waals surface area contributed by atoms with Crippen LogP contribution in [0.25, 0.3) is 11.4 Å². The third-order valence-electron chi connectivity index (χ3n) is 3.32. The van der Waals surface area contributed by atoms with Gasteiger partial charge in [-0.2, -0.15) is 0 Å². The molecule has 2 aromatic heterocycles. The van der Waals surface area contributed by atoms with Crippen molar-refractivity contribution >= 4 is 12.2 Å². The van der Waals surface area contributed by atoms with Gasteiger partial charge in [-0.3, -0.25) is 4.98 Å². The highest BCUT2D eigenvalue weighted by Gasteiger charge is 2.25. The van der Waals surface area contributed by atoms with Crippen LogP contribution >= 0.6 is 12.2 Å². The predicted octanol–water partition coefficient (Wildman–Crippen LogP) is 3.64. The van der Waals surface area contributed by atoms with Gasteiger partial charge in [0.15, 0.2) is 0 Å². The van der Waals surface area contributed by atoms with Gasteiger partial charge in [-0.05, 0) is 42.9 Å². The Labute approximate surface area is 111 Å². The summed E-state index contributed by atoms with van der Waals surface area (Å²) in [5.74, 6) is 1.53. The van der Waals surface area contributed by atoms with E-state index in [4.69, 9.17) is 12.2 Å². The van der Waals surface area contributed by atoms with Crippen molar-refractivity contribution in [2.75, 3.05) is 0 Å². The molecule has 0 radical (unpaired) electrons. The summed E-state index contributed by atoms with van der Waals surface area (Å²) < 4.78 is 0.671. The molecule has 0 aromatic carbocycles. The largest absolute Gasteiger partial charge is 0.343 e. The minimum Gasteiger partial charge on any atom is -0.343 e. The standard InChI is InChI=1S/C14H15N3S/c1-2-9-8-15-6-5-11(9)14-16-12(10-3-4-10)7-13(18)17-14/h5-8,10H,2-4H2,1H3,(H,16,17,18). The summed E-state index contributed by atoms with van der Waals surface area (Å²) in [6.07, 6.45) is 7.16. The van der Waals surface area contributed by atoms with Crippen molar-refractivity contribution in [3.05, 3.63) is 40.4 Å². The molecule has 0 spiro atoms. The Morgan fingerprint density at radius 3 is 3.00 bits per heavy atom. The summed E-state index contributed by atoms with van der Waals surface area (Å²) in [5.41, 5.74) is 3.54. The average Bonchev–Trinajstić information content (AvgIpc) is 3.22. The predicted molar refractivity (Wildman–Crippen MR) is 74.0 cm³/mol. The second kappa shape index (κ2) is 4.61. The van der Waals surface area contributed by atoms with Crippen molar-refractivity contribution in [2.45, 2.75) is 32.1 Å². The molecule has 92 valence electrons. The lowest BCUT2D eigenvalue weighted by Crippen LogP contribution is -1.98. The minimum atomic E-state index is 0.653. The number of pyridine rings is 1. The monoisotopic (exact) mass is 257 g/mol. The zero-order chi connectivity index (χ0) is 12.5. The lowest BCUT2D eigenvalue weighted by molar-refractivity contribution is 0.981. The van der Waals surface area contributed by atoms with E-state index in [0.717, 1.165) is 17.8 Å².